The highest BCUT2D eigenvalue weighted by Crippen LogP contribution is 2.28. The molecular formula is C22H32ClN3O4S. The van der Waals surface area contributed by atoms with E-state index in [9.17, 15) is 18.0 Å². The standard InChI is InChI=1S/C22H31N3O4S.ClH/c1-17(2)18(8-7-12-24-10-5-3-4-6-11-24)14-19(26)16-30(28,29)25-13-9-20-21(25)15-22(27)23-20;/h3-6,9-11,17-18,21H,7-8,12-16H2,1-2H3,(H,23,27);1H/t18?,21-;/m1./s1. The molecule has 172 valence electrons. The number of fused-ring (bicyclic) bond motifs is 1. The van der Waals surface area contributed by atoms with Gasteiger partial charge in [0.2, 0.25) is 15.9 Å². The third kappa shape index (κ3) is 6.79. The Balaban J connectivity index is 0.00000341. The number of nitrogens with zero attached hydrogens (tertiary/aromatic N) is 2. The minimum atomic E-state index is -3.74. The van der Waals surface area contributed by atoms with E-state index < -0.39 is 21.8 Å². The van der Waals surface area contributed by atoms with Crippen LogP contribution in [0.2, 0.25) is 0 Å². The van der Waals surface area contributed by atoms with Crippen molar-refractivity contribution in [3.05, 3.63) is 48.5 Å². The van der Waals surface area contributed by atoms with Crippen molar-refractivity contribution in [3.63, 3.8) is 0 Å². The molecule has 1 saturated heterocycles. The van der Waals surface area contributed by atoms with Crippen LogP contribution in [0.5, 0.6) is 0 Å². The van der Waals surface area contributed by atoms with Gasteiger partial charge in [0.1, 0.15) is 11.5 Å². The highest BCUT2D eigenvalue weighted by atomic mass is 35.5. The Hall–Kier alpha value is -1.90. The monoisotopic (exact) mass is 469 g/mol. The second-order valence-corrected chi connectivity index (χ2v) is 10.4. The molecular weight excluding hydrogens is 438 g/mol. The van der Waals surface area contributed by atoms with Gasteiger partial charge >= 0.3 is 0 Å². The van der Waals surface area contributed by atoms with Gasteiger partial charge in [0.25, 0.3) is 0 Å². The summed E-state index contributed by atoms with van der Waals surface area (Å²) in [7, 11) is -3.74. The molecule has 0 bridgehead atoms. The molecule has 0 aromatic carbocycles. The Morgan fingerprint density at radius 1 is 1.19 bits per heavy atom. The lowest BCUT2D eigenvalue weighted by Gasteiger charge is -2.24. The Kier molecular flexibility index (Phi) is 9.09. The molecule has 9 heteroatoms. The average Bonchev–Trinajstić information content (AvgIpc) is 3.09. The van der Waals surface area contributed by atoms with Crippen LogP contribution >= 0.6 is 12.4 Å². The van der Waals surface area contributed by atoms with Gasteiger partial charge in [-0.3, -0.25) is 9.59 Å². The van der Waals surface area contributed by atoms with Crippen LogP contribution in [0.3, 0.4) is 0 Å². The summed E-state index contributed by atoms with van der Waals surface area (Å²) >= 11 is 0. The normalized spacial score (nSPS) is 21.5. The fraction of sp³-hybridized carbons (Fsp3) is 0.545. The van der Waals surface area contributed by atoms with Crippen molar-refractivity contribution >= 4 is 34.1 Å². The third-order valence-corrected chi connectivity index (χ3v) is 7.68. The fourth-order valence-corrected chi connectivity index (χ4v) is 5.71. The van der Waals surface area contributed by atoms with Crippen molar-refractivity contribution in [2.75, 3.05) is 18.8 Å². The molecule has 0 spiro atoms. The van der Waals surface area contributed by atoms with E-state index in [4.69, 9.17) is 0 Å². The maximum absolute atomic E-state index is 12.8. The number of nitrogens with one attached hydrogen (secondary N) is 1. The van der Waals surface area contributed by atoms with Gasteiger partial charge in [-0.25, -0.2) is 8.42 Å². The zero-order valence-electron chi connectivity index (χ0n) is 18.1. The minimum Gasteiger partial charge on any atom is -0.354 e. The largest absolute Gasteiger partial charge is 0.354 e. The summed E-state index contributed by atoms with van der Waals surface area (Å²) in [5, 5.41) is 2.69. The van der Waals surface area contributed by atoms with E-state index in [2.05, 4.69) is 24.1 Å². The third-order valence-electron chi connectivity index (χ3n) is 5.87. The van der Waals surface area contributed by atoms with Crippen molar-refractivity contribution in [1.82, 2.24) is 14.5 Å². The van der Waals surface area contributed by atoms with Gasteiger partial charge in [0.05, 0.1) is 6.04 Å². The Bertz CT molecular complexity index is 876. The minimum absolute atomic E-state index is 0. The molecule has 1 unspecified atom stereocenters. The molecule has 1 N–H and O–H groups in total. The Morgan fingerprint density at radius 2 is 1.87 bits per heavy atom. The predicted molar refractivity (Wildman–Crippen MR) is 124 cm³/mol. The van der Waals surface area contributed by atoms with E-state index in [0.717, 1.165) is 19.4 Å². The maximum atomic E-state index is 12.8. The van der Waals surface area contributed by atoms with Crippen LogP contribution in [-0.4, -0.2) is 54.2 Å². The van der Waals surface area contributed by atoms with Crippen molar-refractivity contribution in [3.8, 4) is 0 Å². The summed E-state index contributed by atoms with van der Waals surface area (Å²) in [4.78, 5) is 26.3. The van der Waals surface area contributed by atoms with Gasteiger partial charge in [-0.15, -0.1) is 12.4 Å². The van der Waals surface area contributed by atoms with Crippen LogP contribution in [0.4, 0.5) is 0 Å². The molecule has 0 saturated carbocycles. The molecule has 0 aromatic heterocycles. The Morgan fingerprint density at radius 3 is 2.52 bits per heavy atom. The number of rotatable bonds is 10. The van der Waals surface area contributed by atoms with Crippen molar-refractivity contribution in [1.29, 1.82) is 0 Å². The number of ketones is 1. The number of halogens is 1. The van der Waals surface area contributed by atoms with Crippen molar-refractivity contribution in [2.45, 2.75) is 45.6 Å². The number of hydrogen-bond acceptors (Lipinski definition) is 5. The number of Topliss-reactive ketones (excluding diaryl/α,β-unsaturated/α-hetero) is 1. The van der Waals surface area contributed by atoms with Crippen LogP contribution in [0.25, 0.3) is 0 Å². The maximum Gasteiger partial charge on any atom is 0.226 e. The molecule has 2 atom stereocenters. The topological polar surface area (TPSA) is 86.8 Å². The van der Waals surface area contributed by atoms with Crippen LogP contribution in [-0.2, 0) is 19.6 Å². The first-order valence-electron chi connectivity index (χ1n) is 10.5. The van der Waals surface area contributed by atoms with Crippen LogP contribution in [0, 0.1) is 11.8 Å². The van der Waals surface area contributed by atoms with Gasteiger partial charge in [-0.2, -0.15) is 4.31 Å². The molecule has 1 fully saturated rings. The summed E-state index contributed by atoms with van der Waals surface area (Å²) in [6, 6.07) is -0.472. The van der Waals surface area contributed by atoms with Gasteiger partial charge in [0, 0.05) is 44.0 Å². The zero-order valence-corrected chi connectivity index (χ0v) is 19.7. The lowest BCUT2D eigenvalue weighted by atomic mass is 9.87. The quantitative estimate of drug-likeness (QED) is 0.531. The van der Waals surface area contributed by atoms with Crippen LogP contribution in [0.1, 0.15) is 39.5 Å². The number of amides is 1. The van der Waals surface area contributed by atoms with Crippen LogP contribution < -0.4 is 5.32 Å². The fourth-order valence-electron chi connectivity index (χ4n) is 4.14. The van der Waals surface area contributed by atoms with Crippen molar-refractivity contribution in [2.24, 2.45) is 11.8 Å². The summed E-state index contributed by atoms with van der Waals surface area (Å²) in [5.41, 5.74) is 0.642. The number of carbonyl (C=O) groups excluding carboxylic acids is 2. The SMILES string of the molecule is CC(C)C(CCCN1C=CC=CC=C1)CC(=O)CS(=O)(=O)N1CC=C2NC(=O)C[C@H]21.Cl. The second kappa shape index (κ2) is 11.1. The molecule has 3 rings (SSSR count). The van der Waals surface area contributed by atoms with E-state index in [0.29, 0.717) is 11.6 Å². The van der Waals surface area contributed by atoms with Gasteiger partial charge in [-0.05, 0) is 42.9 Å². The molecule has 0 radical (unpaired) electrons. The van der Waals surface area contributed by atoms with Crippen molar-refractivity contribution < 1.29 is 18.0 Å². The van der Waals surface area contributed by atoms with E-state index >= 15 is 0 Å². The Labute approximate surface area is 191 Å². The molecule has 3 aliphatic rings. The van der Waals surface area contributed by atoms with Gasteiger partial charge in [-0.1, -0.05) is 26.0 Å². The molecule has 0 aromatic rings. The number of allylic oxidation sites excluding steroid dienone is 4. The molecule has 7 nitrogen and oxygen atoms in total. The first kappa shape index (κ1) is 25.4. The second-order valence-electron chi connectivity index (χ2n) is 8.45. The first-order chi connectivity index (χ1) is 14.3. The lowest BCUT2D eigenvalue weighted by Crippen LogP contribution is -2.40. The number of carbonyl (C=O) groups is 2. The zero-order chi connectivity index (χ0) is 21.7. The number of sulfonamides is 1. The molecule has 1 amide bonds. The van der Waals surface area contributed by atoms with E-state index in [1.807, 2.05) is 36.7 Å². The predicted octanol–water partition coefficient (Wildman–Crippen LogP) is 2.74. The number of hydrogen-bond donors (Lipinski definition) is 1. The van der Waals surface area contributed by atoms with E-state index in [1.165, 1.54) is 4.31 Å². The smallest absolute Gasteiger partial charge is 0.226 e. The molecule has 31 heavy (non-hydrogen) atoms. The van der Waals surface area contributed by atoms with Gasteiger partial charge < -0.3 is 10.2 Å². The highest BCUT2D eigenvalue weighted by molar-refractivity contribution is 7.89. The van der Waals surface area contributed by atoms with E-state index in [1.54, 1.807) is 6.08 Å². The molecule has 3 heterocycles. The van der Waals surface area contributed by atoms with Gasteiger partial charge in [0.15, 0.2) is 0 Å². The average molecular weight is 470 g/mol. The van der Waals surface area contributed by atoms with Crippen LogP contribution in [0.15, 0.2) is 48.5 Å². The molecule has 0 aliphatic carbocycles. The summed E-state index contributed by atoms with van der Waals surface area (Å²) in [6.07, 6.45) is 15.9. The molecule has 3 aliphatic heterocycles. The summed E-state index contributed by atoms with van der Waals surface area (Å²) < 4.78 is 26.9. The summed E-state index contributed by atoms with van der Waals surface area (Å²) in [6.45, 7) is 5.23. The summed E-state index contributed by atoms with van der Waals surface area (Å²) in [5.74, 6) is -0.482. The van der Waals surface area contributed by atoms with E-state index in [-0.39, 0.29) is 49.4 Å². The highest BCUT2D eigenvalue weighted by Gasteiger charge is 2.42. The first-order valence-corrected chi connectivity index (χ1v) is 12.2. The lowest BCUT2D eigenvalue weighted by molar-refractivity contribution is -0.119.